The fourth-order valence-corrected chi connectivity index (χ4v) is 3.77. The minimum atomic E-state index is 0.00542. The Hall–Kier alpha value is -1.16. The van der Waals surface area contributed by atoms with E-state index in [0.29, 0.717) is 12.0 Å². The molecule has 110 valence electrons. The molecule has 20 heavy (non-hydrogen) atoms. The van der Waals surface area contributed by atoms with E-state index in [0.717, 1.165) is 29.7 Å². The highest BCUT2D eigenvalue weighted by molar-refractivity contribution is 5.51. The highest BCUT2D eigenvalue weighted by Crippen LogP contribution is 2.39. The zero-order chi connectivity index (χ0) is 14.1. The summed E-state index contributed by atoms with van der Waals surface area (Å²) >= 11 is 0. The maximum atomic E-state index is 9.66. The molecule has 2 atom stereocenters. The predicted molar refractivity (Wildman–Crippen MR) is 79.8 cm³/mol. The third-order valence-electron chi connectivity index (χ3n) is 4.85. The molecule has 4 heteroatoms. The van der Waals surface area contributed by atoms with Crippen molar-refractivity contribution in [1.29, 1.82) is 0 Å². The Bertz CT molecular complexity index is 475. The highest BCUT2D eigenvalue weighted by Gasteiger charge is 2.36. The topological polar surface area (TPSA) is 49.2 Å². The maximum Gasteiger partial charge on any atom is 0.131 e. The third-order valence-corrected chi connectivity index (χ3v) is 4.85. The summed E-state index contributed by atoms with van der Waals surface area (Å²) in [6.07, 6.45) is 8.57. The molecule has 1 saturated heterocycles. The zero-order valence-electron chi connectivity index (χ0n) is 12.5. The van der Waals surface area contributed by atoms with Crippen molar-refractivity contribution < 1.29 is 5.11 Å². The van der Waals surface area contributed by atoms with Crippen molar-refractivity contribution in [2.45, 2.75) is 64.5 Å². The van der Waals surface area contributed by atoms with Crippen LogP contribution < -0.4 is 4.90 Å². The lowest BCUT2D eigenvalue weighted by molar-refractivity contribution is 0.275. The van der Waals surface area contributed by atoms with Crippen molar-refractivity contribution in [3.63, 3.8) is 0 Å². The fourth-order valence-electron chi connectivity index (χ4n) is 3.77. The molecule has 0 bridgehead atoms. The summed E-state index contributed by atoms with van der Waals surface area (Å²) in [6, 6.07) is 0.641. The molecule has 1 aliphatic heterocycles. The summed E-state index contributed by atoms with van der Waals surface area (Å²) < 4.78 is 0. The van der Waals surface area contributed by atoms with Gasteiger partial charge in [0.1, 0.15) is 5.82 Å². The second-order valence-corrected chi connectivity index (χ2v) is 6.47. The van der Waals surface area contributed by atoms with E-state index in [1.165, 1.54) is 32.1 Å². The lowest BCUT2D eigenvalue weighted by Gasteiger charge is -2.33. The van der Waals surface area contributed by atoms with Gasteiger partial charge < -0.3 is 10.0 Å². The average molecular weight is 275 g/mol. The maximum absolute atomic E-state index is 9.66. The van der Waals surface area contributed by atoms with Gasteiger partial charge in [-0.25, -0.2) is 9.97 Å². The summed E-state index contributed by atoms with van der Waals surface area (Å²) in [7, 11) is 0. The number of rotatable bonds is 3. The van der Waals surface area contributed by atoms with E-state index in [1.54, 1.807) is 0 Å². The van der Waals surface area contributed by atoms with Crippen molar-refractivity contribution in [1.82, 2.24) is 9.97 Å². The molecule has 2 aliphatic rings. The van der Waals surface area contributed by atoms with Crippen LogP contribution in [0, 0.1) is 5.92 Å². The van der Waals surface area contributed by atoms with Crippen molar-refractivity contribution >= 4 is 5.69 Å². The van der Waals surface area contributed by atoms with Crippen LogP contribution in [-0.2, 0) is 6.61 Å². The Morgan fingerprint density at radius 1 is 1.30 bits per heavy atom. The summed E-state index contributed by atoms with van der Waals surface area (Å²) in [6.45, 7) is 5.27. The first-order chi connectivity index (χ1) is 9.70. The van der Waals surface area contributed by atoms with Crippen LogP contribution >= 0.6 is 0 Å². The lowest BCUT2D eigenvalue weighted by Crippen LogP contribution is -2.35. The van der Waals surface area contributed by atoms with Crippen molar-refractivity contribution in [2.75, 3.05) is 11.4 Å². The Kier molecular flexibility index (Phi) is 3.92. The number of fused-ring (bicyclic) bond motifs is 1. The summed E-state index contributed by atoms with van der Waals surface area (Å²) in [5, 5.41) is 9.66. The molecule has 2 heterocycles. The minimum absolute atomic E-state index is 0.00542. The van der Waals surface area contributed by atoms with Crippen LogP contribution in [0.2, 0.25) is 0 Å². The van der Waals surface area contributed by atoms with Gasteiger partial charge in [0.25, 0.3) is 0 Å². The second-order valence-electron chi connectivity index (χ2n) is 6.47. The van der Waals surface area contributed by atoms with Gasteiger partial charge in [-0.2, -0.15) is 0 Å². The molecule has 3 rings (SSSR count). The first-order valence-corrected chi connectivity index (χ1v) is 7.94. The lowest BCUT2D eigenvalue weighted by atomic mass is 9.85. The Labute approximate surface area is 121 Å². The molecule has 1 aromatic heterocycles. The zero-order valence-corrected chi connectivity index (χ0v) is 12.5. The highest BCUT2D eigenvalue weighted by atomic mass is 16.3. The van der Waals surface area contributed by atoms with E-state index >= 15 is 0 Å². The molecule has 1 N–H and O–H groups in total. The van der Waals surface area contributed by atoms with E-state index in [1.807, 2.05) is 6.20 Å². The van der Waals surface area contributed by atoms with Crippen molar-refractivity contribution in [2.24, 2.45) is 5.92 Å². The van der Waals surface area contributed by atoms with E-state index in [4.69, 9.17) is 0 Å². The van der Waals surface area contributed by atoms with Crippen LogP contribution in [-0.4, -0.2) is 27.7 Å². The first-order valence-electron chi connectivity index (χ1n) is 7.94. The number of aromatic nitrogens is 2. The van der Waals surface area contributed by atoms with Crippen LogP contribution in [0.5, 0.6) is 0 Å². The molecule has 2 fully saturated rings. The van der Waals surface area contributed by atoms with Crippen molar-refractivity contribution in [3.05, 3.63) is 17.7 Å². The number of aliphatic hydroxyl groups is 1. The molecule has 0 aromatic carbocycles. The van der Waals surface area contributed by atoms with E-state index in [2.05, 4.69) is 28.7 Å². The number of nitrogens with zero attached hydrogens (tertiary/aromatic N) is 3. The number of aliphatic hydroxyl groups excluding tert-OH is 1. The monoisotopic (exact) mass is 275 g/mol. The average Bonchev–Trinajstić information content (AvgIpc) is 2.90. The van der Waals surface area contributed by atoms with Crippen molar-refractivity contribution in [3.8, 4) is 0 Å². The molecule has 1 aromatic rings. The molecular weight excluding hydrogens is 250 g/mol. The molecular formula is C16H25N3O. The van der Waals surface area contributed by atoms with Gasteiger partial charge >= 0.3 is 0 Å². The minimum Gasteiger partial charge on any atom is -0.390 e. The Morgan fingerprint density at radius 3 is 2.85 bits per heavy atom. The fraction of sp³-hybridized carbons (Fsp3) is 0.750. The van der Waals surface area contributed by atoms with Gasteiger partial charge in [-0.05, 0) is 25.2 Å². The second kappa shape index (κ2) is 5.68. The van der Waals surface area contributed by atoms with Crippen LogP contribution in [0.4, 0.5) is 5.69 Å². The van der Waals surface area contributed by atoms with E-state index in [9.17, 15) is 5.11 Å². The van der Waals surface area contributed by atoms with Crippen LogP contribution in [0.3, 0.4) is 0 Å². The smallest absolute Gasteiger partial charge is 0.131 e. The van der Waals surface area contributed by atoms with E-state index in [-0.39, 0.29) is 6.61 Å². The molecule has 2 unspecified atom stereocenters. The van der Waals surface area contributed by atoms with E-state index < -0.39 is 0 Å². The number of hydrogen-bond donors (Lipinski definition) is 1. The normalized spacial score (nSPS) is 26.1. The van der Waals surface area contributed by atoms with Crippen LogP contribution in [0.25, 0.3) is 0 Å². The van der Waals surface area contributed by atoms with Crippen LogP contribution in [0.15, 0.2) is 6.20 Å². The molecule has 0 radical (unpaired) electrons. The molecule has 1 saturated carbocycles. The van der Waals surface area contributed by atoms with Gasteiger partial charge in [0.05, 0.1) is 24.2 Å². The van der Waals surface area contributed by atoms with Crippen LogP contribution in [0.1, 0.15) is 63.4 Å². The third kappa shape index (κ3) is 2.41. The Morgan fingerprint density at radius 2 is 2.10 bits per heavy atom. The van der Waals surface area contributed by atoms with Gasteiger partial charge in [-0.15, -0.1) is 0 Å². The molecule has 1 aliphatic carbocycles. The number of hydrogen-bond acceptors (Lipinski definition) is 4. The van der Waals surface area contributed by atoms with Gasteiger partial charge in [-0.3, -0.25) is 0 Å². The van der Waals surface area contributed by atoms with Gasteiger partial charge in [0.15, 0.2) is 0 Å². The molecule has 0 spiro atoms. The van der Waals surface area contributed by atoms with Gasteiger partial charge in [0, 0.05) is 18.5 Å². The quantitative estimate of drug-likeness (QED) is 0.921. The van der Waals surface area contributed by atoms with Gasteiger partial charge in [0.2, 0.25) is 0 Å². The summed E-state index contributed by atoms with van der Waals surface area (Å²) in [5.74, 6) is 1.97. The predicted octanol–water partition coefficient (Wildman–Crippen LogP) is 2.86. The standard InChI is InChI=1S/C16H25N3O/c1-11(2)16-17-9-15(13(10-20)18-16)19-8-7-12-5-3-4-6-14(12)19/h9,11-12,14,20H,3-8,10H2,1-2H3. The SMILES string of the molecule is CC(C)c1ncc(N2CCC3CCCCC32)c(CO)n1. The Balaban J connectivity index is 1.89. The molecule has 4 nitrogen and oxygen atoms in total. The summed E-state index contributed by atoms with van der Waals surface area (Å²) in [4.78, 5) is 11.5. The van der Waals surface area contributed by atoms with Gasteiger partial charge in [-0.1, -0.05) is 26.7 Å². The molecule has 0 amide bonds. The first kappa shape index (κ1) is 13.8. The number of anilines is 1. The summed E-state index contributed by atoms with van der Waals surface area (Å²) in [5.41, 5.74) is 1.86. The largest absolute Gasteiger partial charge is 0.390 e.